The summed E-state index contributed by atoms with van der Waals surface area (Å²) in [4.78, 5) is 2.11. The minimum absolute atomic E-state index is 0.609. The number of hydrogen-bond acceptors (Lipinski definition) is 3. The zero-order valence-electron chi connectivity index (χ0n) is 10.8. The predicted molar refractivity (Wildman–Crippen MR) is 73.2 cm³/mol. The fraction of sp³-hybridized carbons (Fsp3) is 0.357. The molecule has 0 aliphatic carbocycles. The number of benzene rings is 1. The van der Waals surface area contributed by atoms with E-state index in [0.29, 0.717) is 6.67 Å². The minimum atomic E-state index is 0.609. The van der Waals surface area contributed by atoms with Gasteiger partial charge >= 0.3 is 0 Å². The van der Waals surface area contributed by atoms with Gasteiger partial charge in [0.1, 0.15) is 0 Å². The molecule has 0 saturated heterocycles. The van der Waals surface area contributed by atoms with Crippen molar-refractivity contribution in [1.29, 1.82) is 0 Å². The molecule has 0 fully saturated rings. The second-order valence-corrected chi connectivity index (χ2v) is 4.53. The molecule has 0 amide bonds. The van der Waals surface area contributed by atoms with E-state index in [1.54, 1.807) is 6.20 Å². The quantitative estimate of drug-likeness (QED) is 0.780. The van der Waals surface area contributed by atoms with Gasteiger partial charge in [0.25, 0.3) is 0 Å². The van der Waals surface area contributed by atoms with Gasteiger partial charge in [-0.2, -0.15) is 5.10 Å². The van der Waals surface area contributed by atoms with Crippen molar-refractivity contribution in [3.63, 3.8) is 0 Å². The molecule has 0 radical (unpaired) electrons. The van der Waals surface area contributed by atoms with Crippen molar-refractivity contribution in [2.24, 2.45) is 5.73 Å². The molecular weight excluding hydrogens is 224 g/mol. The Bertz CT molecular complexity index is 447. The first-order valence-corrected chi connectivity index (χ1v) is 6.22. The molecule has 0 bridgehead atoms. The molecule has 2 N–H and O–H groups in total. The molecule has 4 nitrogen and oxygen atoms in total. The second kappa shape index (κ2) is 6.33. The Labute approximate surface area is 108 Å². The zero-order chi connectivity index (χ0) is 12.8. The SMILES string of the molecule is CN(CN)CCc1ccc(Cn2cccn2)cc1. The Kier molecular flexibility index (Phi) is 4.50. The van der Waals surface area contributed by atoms with E-state index in [2.05, 4.69) is 34.3 Å². The Morgan fingerprint density at radius 3 is 2.56 bits per heavy atom. The van der Waals surface area contributed by atoms with Crippen molar-refractivity contribution in [3.05, 3.63) is 53.9 Å². The standard InChI is InChI=1S/C14H20N4/c1-17(12-15)10-7-13-3-5-14(6-4-13)11-18-9-2-8-16-18/h2-6,8-9H,7,10-12,15H2,1H3. The number of nitrogens with two attached hydrogens (primary N) is 1. The molecule has 0 saturated carbocycles. The molecule has 1 aromatic heterocycles. The lowest BCUT2D eigenvalue weighted by Crippen LogP contribution is -2.27. The maximum Gasteiger partial charge on any atom is 0.0659 e. The number of hydrogen-bond donors (Lipinski definition) is 1. The summed E-state index contributed by atoms with van der Waals surface area (Å²) >= 11 is 0. The van der Waals surface area contributed by atoms with Gasteiger partial charge in [0.05, 0.1) is 6.54 Å². The summed E-state index contributed by atoms with van der Waals surface area (Å²) in [6.45, 7) is 2.43. The number of likely N-dealkylation sites (N-methyl/N-ethyl adjacent to an activating group) is 1. The van der Waals surface area contributed by atoms with Gasteiger partial charge in [0, 0.05) is 25.6 Å². The van der Waals surface area contributed by atoms with Crippen molar-refractivity contribution < 1.29 is 0 Å². The van der Waals surface area contributed by atoms with Gasteiger partial charge in [-0.1, -0.05) is 24.3 Å². The Morgan fingerprint density at radius 2 is 1.94 bits per heavy atom. The highest BCUT2D eigenvalue weighted by molar-refractivity contribution is 5.23. The first-order valence-electron chi connectivity index (χ1n) is 6.22. The van der Waals surface area contributed by atoms with Crippen molar-refractivity contribution in [2.75, 3.05) is 20.3 Å². The third kappa shape index (κ3) is 3.68. The van der Waals surface area contributed by atoms with Gasteiger partial charge in [0.2, 0.25) is 0 Å². The summed E-state index contributed by atoms with van der Waals surface area (Å²) in [5.74, 6) is 0. The Balaban J connectivity index is 1.89. The van der Waals surface area contributed by atoms with E-state index < -0.39 is 0 Å². The van der Waals surface area contributed by atoms with Crippen LogP contribution in [0.2, 0.25) is 0 Å². The second-order valence-electron chi connectivity index (χ2n) is 4.53. The summed E-state index contributed by atoms with van der Waals surface area (Å²) in [5.41, 5.74) is 8.17. The monoisotopic (exact) mass is 244 g/mol. The van der Waals surface area contributed by atoms with Crippen LogP contribution in [0.5, 0.6) is 0 Å². The van der Waals surface area contributed by atoms with Crippen molar-refractivity contribution in [1.82, 2.24) is 14.7 Å². The average Bonchev–Trinajstić information content (AvgIpc) is 2.90. The third-order valence-corrected chi connectivity index (χ3v) is 3.02. The minimum Gasteiger partial charge on any atom is -0.318 e. The predicted octanol–water partition coefficient (Wildman–Crippen LogP) is 1.32. The van der Waals surface area contributed by atoms with Crippen molar-refractivity contribution >= 4 is 0 Å². The lowest BCUT2D eigenvalue weighted by atomic mass is 10.1. The molecule has 0 aliphatic rings. The zero-order valence-corrected chi connectivity index (χ0v) is 10.8. The van der Waals surface area contributed by atoms with Crippen LogP contribution < -0.4 is 5.73 Å². The van der Waals surface area contributed by atoms with E-state index in [1.807, 2.05) is 24.0 Å². The third-order valence-electron chi connectivity index (χ3n) is 3.02. The molecule has 0 atom stereocenters. The van der Waals surface area contributed by atoms with Crippen LogP contribution in [-0.4, -0.2) is 34.9 Å². The maximum atomic E-state index is 5.55. The van der Waals surface area contributed by atoms with Crippen LogP contribution >= 0.6 is 0 Å². The van der Waals surface area contributed by atoms with Crippen LogP contribution in [-0.2, 0) is 13.0 Å². The van der Waals surface area contributed by atoms with Crippen LogP contribution in [0.1, 0.15) is 11.1 Å². The molecule has 0 aliphatic heterocycles. The molecule has 1 aromatic carbocycles. The van der Waals surface area contributed by atoms with Crippen LogP contribution in [0.25, 0.3) is 0 Å². The molecule has 18 heavy (non-hydrogen) atoms. The van der Waals surface area contributed by atoms with Gasteiger partial charge < -0.3 is 5.73 Å². The number of aromatic nitrogens is 2. The number of rotatable bonds is 6. The van der Waals surface area contributed by atoms with Crippen LogP contribution in [0.4, 0.5) is 0 Å². The van der Waals surface area contributed by atoms with E-state index in [-0.39, 0.29) is 0 Å². The molecule has 0 unspecified atom stereocenters. The molecule has 4 heteroatoms. The van der Waals surface area contributed by atoms with Crippen LogP contribution in [0.15, 0.2) is 42.7 Å². The van der Waals surface area contributed by atoms with Gasteiger partial charge in [0.15, 0.2) is 0 Å². The average molecular weight is 244 g/mol. The fourth-order valence-corrected chi connectivity index (χ4v) is 1.80. The van der Waals surface area contributed by atoms with E-state index in [0.717, 1.165) is 19.5 Å². The van der Waals surface area contributed by atoms with Gasteiger partial charge in [-0.25, -0.2) is 0 Å². The Morgan fingerprint density at radius 1 is 1.22 bits per heavy atom. The van der Waals surface area contributed by atoms with Crippen LogP contribution in [0, 0.1) is 0 Å². The Hall–Kier alpha value is -1.65. The van der Waals surface area contributed by atoms with E-state index >= 15 is 0 Å². The topological polar surface area (TPSA) is 47.1 Å². The summed E-state index contributed by atoms with van der Waals surface area (Å²) in [5, 5.41) is 4.20. The van der Waals surface area contributed by atoms with Gasteiger partial charge in [-0.05, 0) is 30.7 Å². The first-order chi connectivity index (χ1) is 8.78. The molecule has 2 aromatic rings. The van der Waals surface area contributed by atoms with E-state index in [1.165, 1.54) is 11.1 Å². The smallest absolute Gasteiger partial charge is 0.0659 e. The summed E-state index contributed by atoms with van der Waals surface area (Å²) in [6.07, 6.45) is 4.82. The highest BCUT2D eigenvalue weighted by atomic mass is 15.3. The molecule has 1 heterocycles. The maximum absolute atomic E-state index is 5.55. The fourth-order valence-electron chi connectivity index (χ4n) is 1.80. The largest absolute Gasteiger partial charge is 0.318 e. The van der Waals surface area contributed by atoms with E-state index in [4.69, 9.17) is 5.73 Å². The van der Waals surface area contributed by atoms with Crippen LogP contribution in [0.3, 0.4) is 0 Å². The lowest BCUT2D eigenvalue weighted by molar-refractivity contribution is 0.349. The highest BCUT2D eigenvalue weighted by Crippen LogP contribution is 2.07. The highest BCUT2D eigenvalue weighted by Gasteiger charge is 1.99. The van der Waals surface area contributed by atoms with Crippen molar-refractivity contribution in [2.45, 2.75) is 13.0 Å². The summed E-state index contributed by atoms with van der Waals surface area (Å²) in [7, 11) is 2.03. The first kappa shape index (κ1) is 12.8. The van der Waals surface area contributed by atoms with Gasteiger partial charge in [-0.3, -0.25) is 9.58 Å². The molecule has 2 rings (SSSR count). The summed E-state index contributed by atoms with van der Waals surface area (Å²) in [6, 6.07) is 10.6. The summed E-state index contributed by atoms with van der Waals surface area (Å²) < 4.78 is 1.93. The van der Waals surface area contributed by atoms with E-state index in [9.17, 15) is 0 Å². The lowest BCUT2D eigenvalue weighted by Gasteiger charge is -2.13. The number of nitrogens with zero attached hydrogens (tertiary/aromatic N) is 3. The normalized spacial score (nSPS) is 11.1. The molecule has 0 spiro atoms. The molecule has 96 valence electrons. The van der Waals surface area contributed by atoms with Crippen molar-refractivity contribution in [3.8, 4) is 0 Å². The molecular formula is C14H20N4. The van der Waals surface area contributed by atoms with Gasteiger partial charge in [-0.15, -0.1) is 0 Å².